The van der Waals surface area contributed by atoms with Crippen LogP contribution in [0.3, 0.4) is 0 Å². The van der Waals surface area contributed by atoms with Gasteiger partial charge in [0.1, 0.15) is 0 Å². The molecule has 0 N–H and O–H groups in total. The first-order chi connectivity index (χ1) is 11.7. The summed E-state index contributed by atoms with van der Waals surface area (Å²) in [6.45, 7) is 1.62. The Morgan fingerprint density at radius 2 is 2.17 bits per heavy atom. The molecule has 1 fully saturated rings. The van der Waals surface area contributed by atoms with E-state index >= 15 is 0 Å². The van der Waals surface area contributed by atoms with Crippen molar-refractivity contribution in [1.82, 2.24) is 19.7 Å². The molecule has 1 aliphatic rings. The Bertz CT molecular complexity index is 886. The summed E-state index contributed by atoms with van der Waals surface area (Å²) in [5, 5.41) is 5.26. The summed E-state index contributed by atoms with van der Waals surface area (Å²) >= 11 is 0. The van der Waals surface area contributed by atoms with E-state index < -0.39 is 0 Å². The van der Waals surface area contributed by atoms with Gasteiger partial charge in [-0.25, -0.2) is 0 Å². The predicted molar refractivity (Wildman–Crippen MR) is 92.7 cm³/mol. The minimum Gasteiger partial charge on any atom is -0.338 e. The van der Waals surface area contributed by atoms with E-state index in [4.69, 9.17) is 0 Å². The molecule has 24 heavy (non-hydrogen) atoms. The number of para-hydroxylation sites is 1. The molecule has 1 aliphatic heterocycles. The SMILES string of the molecule is Cn1cc(C(=O)N2CC[C@@H](Cc3cnc4ccccc4c3)C2)cn1. The van der Waals surface area contributed by atoms with E-state index in [-0.39, 0.29) is 5.91 Å². The highest BCUT2D eigenvalue weighted by Crippen LogP contribution is 2.23. The maximum Gasteiger partial charge on any atom is 0.257 e. The van der Waals surface area contributed by atoms with Crippen LogP contribution in [0.2, 0.25) is 0 Å². The molecule has 0 saturated carbocycles. The summed E-state index contributed by atoms with van der Waals surface area (Å²) in [4.78, 5) is 19.0. The Morgan fingerprint density at radius 3 is 3.00 bits per heavy atom. The highest BCUT2D eigenvalue weighted by atomic mass is 16.2. The molecule has 0 unspecified atom stereocenters. The number of aryl methyl sites for hydroxylation is 1. The molecular weight excluding hydrogens is 300 g/mol. The quantitative estimate of drug-likeness (QED) is 0.745. The summed E-state index contributed by atoms with van der Waals surface area (Å²) in [5.41, 5.74) is 2.95. The summed E-state index contributed by atoms with van der Waals surface area (Å²) < 4.78 is 1.67. The van der Waals surface area contributed by atoms with Crippen LogP contribution in [-0.2, 0) is 13.5 Å². The number of carbonyl (C=O) groups is 1. The van der Waals surface area contributed by atoms with Gasteiger partial charge >= 0.3 is 0 Å². The number of pyridine rings is 1. The number of benzene rings is 1. The van der Waals surface area contributed by atoms with Crippen LogP contribution in [-0.4, -0.2) is 38.7 Å². The summed E-state index contributed by atoms with van der Waals surface area (Å²) in [6.07, 6.45) is 7.40. The van der Waals surface area contributed by atoms with Crippen LogP contribution in [0.4, 0.5) is 0 Å². The van der Waals surface area contributed by atoms with E-state index in [0.29, 0.717) is 11.5 Å². The number of hydrogen-bond acceptors (Lipinski definition) is 3. The fourth-order valence-electron chi connectivity index (χ4n) is 3.46. The van der Waals surface area contributed by atoms with Gasteiger partial charge in [0, 0.05) is 37.9 Å². The van der Waals surface area contributed by atoms with E-state index in [1.807, 2.05) is 36.3 Å². The lowest BCUT2D eigenvalue weighted by molar-refractivity contribution is 0.0787. The molecule has 1 saturated heterocycles. The zero-order valence-corrected chi connectivity index (χ0v) is 13.7. The Morgan fingerprint density at radius 1 is 1.29 bits per heavy atom. The molecule has 0 spiro atoms. The fraction of sp³-hybridized carbons (Fsp3) is 0.316. The molecule has 5 nitrogen and oxygen atoms in total. The molecule has 122 valence electrons. The lowest BCUT2D eigenvalue weighted by Gasteiger charge is -2.15. The van der Waals surface area contributed by atoms with Gasteiger partial charge in [-0.05, 0) is 36.5 Å². The molecule has 2 aromatic heterocycles. The maximum atomic E-state index is 12.5. The Hall–Kier alpha value is -2.69. The monoisotopic (exact) mass is 320 g/mol. The molecule has 1 atom stereocenters. The molecular formula is C19H20N4O. The number of amides is 1. The van der Waals surface area contributed by atoms with E-state index in [1.165, 1.54) is 10.9 Å². The van der Waals surface area contributed by atoms with E-state index in [1.54, 1.807) is 17.1 Å². The third kappa shape index (κ3) is 2.89. The van der Waals surface area contributed by atoms with Crippen LogP contribution in [0.15, 0.2) is 48.9 Å². The van der Waals surface area contributed by atoms with Crippen LogP contribution in [0.5, 0.6) is 0 Å². The topological polar surface area (TPSA) is 51.0 Å². The van der Waals surface area contributed by atoms with E-state index in [0.717, 1.165) is 31.4 Å². The minimum atomic E-state index is 0.0854. The van der Waals surface area contributed by atoms with Crippen molar-refractivity contribution in [3.63, 3.8) is 0 Å². The molecule has 0 radical (unpaired) electrons. The highest BCUT2D eigenvalue weighted by molar-refractivity contribution is 5.93. The first-order valence-electron chi connectivity index (χ1n) is 8.30. The van der Waals surface area contributed by atoms with Crippen molar-refractivity contribution in [2.75, 3.05) is 13.1 Å². The van der Waals surface area contributed by atoms with Crippen molar-refractivity contribution >= 4 is 16.8 Å². The standard InChI is InChI=1S/C19H20N4O/c1-22-13-17(11-21-22)19(24)23-7-6-14(12-23)8-15-9-16-4-2-3-5-18(16)20-10-15/h2-5,9-11,13-14H,6-8,12H2,1H3/t14-/m0/s1. The van der Waals surface area contributed by atoms with E-state index in [2.05, 4.69) is 22.2 Å². The molecule has 4 rings (SSSR count). The Labute approximate surface area is 140 Å². The fourth-order valence-corrected chi connectivity index (χ4v) is 3.46. The molecule has 5 heteroatoms. The average molecular weight is 320 g/mol. The van der Waals surface area contributed by atoms with Crippen molar-refractivity contribution in [1.29, 1.82) is 0 Å². The molecule has 0 bridgehead atoms. The molecule has 1 aromatic carbocycles. The van der Waals surface area contributed by atoms with Gasteiger partial charge in [0.25, 0.3) is 5.91 Å². The second kappa shape index (κ2) is 6.07. The first kappa shape index (κ1) is 14.9. The molecule has 0 aliphatic carbocycles. The number of nitrogens with zero attached hydrogens (tertiary/aromatic N) is 4. The van der Waals surface area contributed by atoms with Gasteiger partial charge in [0.05, 0.1) is 17.3 Å². The van der Waals surface area contributed by atoms with Crippen molar-refractivity contribution in [3.05, 3.63) is 60.0 Å². The first-order valence-corrected chi connectivity index (χ1v) is 8.30. The van der Waals surface area contributed by atoms with Gasteiger partial charge in [-0.3, -0.25) is 14.5 Å². The lowest BCUT2D eigenvalue weighted by Crippen LogP contribution is -2.28. The summed E-state index contributed by atoms with van der Waals surface area (Å²) in [7, 11) is 1.83. The largest absolute Gasteiger partial charge is 0.338 e. The van der Waals surface area contributed by atoms with Crippen LogP contribution in [0, 0.1) is 5.92 Å². The second-order valence-electron chi connectivity index (χ2n) is 6.55. The molecule has 3 aromatic rings. The van der Waals surface area contributed by atoms with Gasteiger partial charge in [-0.1, -0.05) is 18.2 Å². The van der Waals surface area contributed by atoms with Crippen molar-refractivity contribution in [3.8, 4) is 0 Å². The van der Waals surface area contributed by atoms with Crippen molar-refractivity contribution in [2.24, 2.45) is 13.0 Å². The number of hydrogen-bond donors (Lipinski definition) is 0. The summed E-state index contributed by atoms with van der Waals surface area (Å²) in [5.74, 6) is 0.579. The number of likely N-dealkylation sites (tertiary alicyclic amines) is 1. The maximum absolute atomic E-state index is 12.5. The summed E-state index contributed by atoms with van der Waals surface area (Å²) in [6, 6.07) is 10.4. The number of fused-ring (bicyclic) bond motifs is 1. The normalized spacial score (nSPS) is 17.5. The van der Waals surface area contributed by atoms with Gasteiger partial charge in [-0.15, -0.1) is 0 Å². The highest BCUT2D eigenvalue weighted by Gasteiger charge is 2.27. The van der Waals surface area contributed by atoms with Gasteiger partial charge < -0.3 is 4.90 Å². The third-order valence-corrected chi connectivity index (χ3v) is 4.70. The zero-order chi connectivity index (χ0) is 16.5. The smallest absolute Gasteiger partial charge is 0.257 e. The lowest BCUT2D eigenvalue weighted by atomic mass is 9.99. The van der Waals surface area contributed by atoms with Crippen LogP contribution < -0.4 is 0 Å². The predicted octanol–water partition coefficient (Wildman–Crippen LogP) is 2.67. The third-order valence-electron chi connectivity index (χ3n) is 4.70. The molecule has 3 heterocycles. The average Bonchev–Trinajstić information content (AvgIpc) is 3.23. The van der Waals surface area contributed by atoms with E-state index in [9.17, 15) is 4.79 Å². The van der Waals surface area contributed by atoms with Crippen LogP contribution in [0.25, 0.3) is 10.9 Å². The number of aromatic nitrogens is 3. The molecule has 1 amide bonds. The second-order valence-corrected chi connectivity index (χ2v) is 6.55. The van der Waals surface area contributed by atoms with Gasteiger partial charge in [0.2, 0.25) is 0 Å². The van der Waals surface area contributed by atoms with Gasteiger partial charge in [-0.2, -0.15) is 5.10 Å². The minimum absolute atomic E-state index is 0.0854. The van der Waals surface area contributed by atoms with Crippen LogP contribution in [0.1, 0.15) is 22.3 Å². The number of carbonyl (C=O) groups excluding carboxylic acids is 1. The van der Waals surface area contributed by atoms with Crippen molar-refractivity contribution in [2.45, 2.75) is 12.8 Å². The zero-order valence-electron chi connectivity index (χ0n) is 13.7. The van der Waals surface area contributed by atoms with Gasteiger partial charge in [0.15, 0.2) is 0 Å². The van der Waals surface area contributed by atoms with Crippen molar-refractivity contribution < 1.29 is 4.79 Å². The Balaban J connectivity index is 1.43. The number of rotatable bonds is 3. The Kier molecular flexibility index (Phi) is 3.76. The van der Waals surface area contributed by atoms with Crippen LogP contribution >= 0.6 is 0 Å².